The maximum atomic E-state index is 12.5. The zero-order valence-corrected chi connectivity index (χ0v) is 17.2. The Bertz CT molecular complexity index is 806. The number of rotatable bonds is 7. The van der Waals surface area contributed by atoms with Crippen LogP contribution < -0.4 is 9.64 Å². The molecular weight excluding hydrogens is 399 g/mol. The minimum Gasteiger partial charge on any atom is -0.482 e. The number of para-hydroxylation sites is 2. The van der Waals surface area contributed by atoms with E-state index in [0.29, 0.717) is 42.9 Å². The average molecular weight is 425 g/mol. The quantitative estimate of drug-likeness (QED) is 0.629. The van der Waals surface area contributed by atoms with Gasteiger partial charge in [-0.2, -0.15) is 13.2 Å². The Hall–Kier alpha value is -2.55. The van der Waals surface area contributed by atoms with Crippen LogP contribution in [0.2, 0.25) is 0 Å². The number of benzene rings is 1. The molecule has 0 spiro atoms. The molecule has 0 atom stereocenters. The molecule has 6 nitrogen and oxygen atoms in total. The second-order valence-electron chi connectivity index (χ2n) is 7.57. The first kappa shape index (κ1) is 22.1. The molecule has 0 unspecified atom stereocenters. The molecule has 0 aliphatic carbocycles. The largest absolute Gasteiger partial charge is 0.482 e. The lowest BCUT2D eigenvalue weighted by Crippen LogP contribution is -2.47. The first-order chi connectivity index (χ1) is 14.2. The van der Waals surface area contributed by atoms with Gasteiger partial charge in [0.05, 0.1) is 5.69 Å². The fraction of sp³-hybridized carbons (Fsp3) is 0.524. The predicted octanol–water partition coefficient (Wildman–Crippen LogP) is 2.85. The van der Waals surface area contributed by atoms with Gasteiger partial charge in [-0.15, -0.1) is 0 Å². The number of hydrogen-bond acceptors (Lipinski definition) is 5. The highest BCUT2D eigenvalue weighted by atomic mass is 19.4. The number of anilines is 1. The molecule has 30 heavy (non-hydrogen) atoms. The molecule has 164 valence electrons. The first-order valence-corrected chi connectivity index (χ1v) is 9.97. The summed E-state index contributed by atoms with van der Waals surface area (Å²) < 4.78 is 42.5. The summed E-state index contributed by atoms with van der Waals surface area (Å²) in [6, 6.07) is 6.76. The van der Waals surface area contributed by atoms with E-state index in [4.69, 9.17) is 4.74 Å². The predicted molar refractivity (Wildman–Crippen MR) is 106 cm³/mol. The monoisotopic (exact) mass is 425 g/mol. The maximum absolute atomic E-state index is 12.5. The lowest BCUT2D eigenvalue weighted by atomic mass is 10.2. The number of halogens is 3. The molecule has 2 aliphatic heterocycles. The summed E-state index contributed by atoms with van der Waals surface area (Å²) in [5, 5.41) is 0. The number of nitrogens with zero attached hydrogens (tertiary/aromatic N) is 3. The second-order valence-corrected chi connectivity index (χ2v) is 7.57. The van der Waals surface area contributed by atoms with Crippen molar-refractivity contribution in [1.82, 2.24) is 9.80 Å². The normalized spacial score (nSPS) is 18.6. The third-order valence-corrected chi connectivity index (χ3v) is 5.52. The van der Waals surface area contributed by atoms with Gasteiger partial charge in [-0.25, -0.2) is 0 Å². The molecule has 0 radical (unpaired) electrons. The minimum absolute atomic E-state index is 0.210. The highest BCUT2D eigenvalue weighted by Crippen LogP contribution is 2.30. The number of alkyl halides is 3. The summed E-state index contributed by atoms with van der Waals surface area (Å²) in [5.74, 6) is -0.192. The van der Waals surface area contributed by atoms with Gasteiger partial charge in [0.1, 0.15) is 5.75 Å². The lowest BCUT2D eigenvalue weighted by Gasteiger charge is -2.37. The van der Waals surface area contributed by atoms with E-state index < -0.39 is 12.8 Å². The number of carbonyl (C=O) groups is 2. The summed E-state index contributed by atoms with van der Waals surface area (Å²) in [4.78, 5) is 29.8. The van der Waals surface area contributed by atoms with Crippen LogP contribution in [0.3, 0.4) is 0 Å². The molecule has 3 rings (SSSR count). The zero-order valence-electron chi connectivity index (χ0n) is 17.2. The Morgan fingerprint density at radius 2 is 1.53 bits per heavy atom. The van der Waals surface area contributed by atoms with Crippen molar-refractivity contribution in [2.45, 2.75) is 26.4 Å². The van der Waals surface area contributed by atoms with E-state index in [1.165, 1.54) is 4.90 Å². The average Bonchev–Trinajstić information content (AvgIpc) is 2.90. The third kappa shape index (κ3) is 5.13. The molecule has 0 aromatic heterocycles. The standard InChI is InChI=1S/C21H26F3N3O3/c1-15-16(2)20(29)27(19(15)28)9-5-8-25-10-12-26(13-11-25)17-6-3-4-7-18(17)30-14-21(22,23)24/h3-4,6-7H,5,8-14H2,1-2H3. The topological polar surface area (TPSA) is 53.1 Å². The molecule has 9 heteroatoms. The number of imide groups is 1. The lowest BCUT2D eigenvalue weighted by molar-refractivity contribution is -0.153. The number of amides is 2. The van der Waals surface area contributed by atoms with Crippen molar-refractivity contribution < 1.29 is 27.5 Å². The number of ether oxygens (including phenoxy) is 1. The first-order valence-electron chi connectivity index (χ1n) is 9.97. The van der Waals surface area contributed by atoms with Crippen LogP contribution in [0.5, 0.6) is 5.75 Å². The summed E-state index contributed by atoms with van der Waals surface area (Å²) >= 11 is 0. The highest BCUT2D eigenvalue weighted by molar-refractivity contribution is 6.18. The molecular formula is C21H26F3N3O3. The van der Waals surface area contributed by atoms with Gasteiger partial charge in [0.15, 0.2) is 6.61 Å². The maximum Gasteiger partial charge on any atom is 0.422 e. The summed E-state index contributed by atoms with van der Waals surface area (Å²) in [7, 11) is 0. The third-order valence-electron chi connectivity index (χ3n) is 5.52. The molecule has 1 saturated heterocycles. The van der Waals surface area contributed by atoms with E-state index >= 15 is 0 Å². The van der Waals surface area contributed by atoms with Crippen molar-refractivity contribution in [3.63, 3.8) is 0 Å². The van der Waals surface area contributed by atoms with Crippen molar-refractivity contribution in [2.24, 2.45) is 0 Å². The van der Waals surface area contributed by atoms with Crippen LogP contribution in [0.4, 0.5) is 18.9 Å². The van der Waals surface area contributed by atoms with Crippen LogP contribution in [0.25, 0.3) is 0 Å². The zero-order chi connectivity index (χ0) is 21.9. The Labute approximate surface area is 173 Å². The molecule has 0 saturated carbocycles. The number of carbonyl (C=O) groups excluding carboxylic acids is 2. The van der Waals surface area contributed by atoms with Crippen LogP contribution in [-0.4, -0.2) is 73.7 Å². The van der Waals surface area contributed by atoms with E-state index in [0.717, 1.165) is 19.6 Å². The number of hydrogen-bond donors (Lipinski definition) is 0. The van der Waals surface area contributed by atoms with Gasteiger partial charge < -0.3 is 9.64 Å². The van der Waals surface area contributed by atoms with Crippen LogP contribution in [-0.2, 0) is 9.59 Å². The van der Waals surface area contributed by atoms with Crippen molar-refractivity contribution in [3.05, 3.63) is 35.4 Å². The number of piperazine rings is 1. The van der Waals surface area contributed by atoms with Crippen LogP contribution in [0, 0.1) is 0 Å². The molecule has 1 fully saturated rings. The summed E-state index contributed by atoms with van der Waals surface area (Å²) in [6.07, 6.45) is -3.69. The van der Waals surface area contributed by atoms with Crippen LogP contribution >= 0.6 is 0 Å². The van der Waals surface area contributed by atoms with Gasteiger partial charge in [-0.05, 0) is 38.9 Å². The summed E-state index contributed by atoms with van der Waals surface area (Å²) in [5.41, 5.74) is 1.69. The Morgan fingerprint density at radius 3 is 2.13 bits per heavy atom. The molecule has 0 bridgehead atoms. The van der Waals surface area contributed by atoms with E-state index in [2.05, 4.69) is 4.90 Å². The Morgan fingerprint density at radius 1 is 0.933 bits per heavy atom. The van der Waals surface area contributed by atoms with Gasteiger partial charge in [0.2, 0.25) is 0 Å². The van der Waals surface area contributed by atoms with Gasteiger partial charge in [0.25, 0.3) is 11.8 Å². The smallest absolute Gasteiger partial charge is 0.422 e. The molecule has 1 aromatic rings. The fourth-order valence-corrected chi connectivity index (χ4v) is 3.69. The molecule has 0 N–H and O–H groups in total. The molecule has 2 aliphatic rings. The van der Waals surface area contributed by atoms with Crippen LogP contribution in [0.15, 0.2) is 35.4 Å². The molecule has 2 heterocycles. The van der Waals surface area contributed by atoms with Crippen molar-refractivity contribution in [1.29, 1.82) is 0 Å². The van der Waals surface area contributed by atoms with Gasteiger partial charge in [0, 0.05) is 43.9 Å². The van der Waals surface area contributed by atoms with Crippen molar-refractivity contribution in [2.75, 3.05) is 50.8 Å². The van der Waals surface area contributed by atoms with E-state index in [-0.39, 0.29) is 17.6 Å². The summed E-state index contributed by atoms with van der Waals surface area (Å²) in [6.45, 7) is 5.97. The highest BCUT2D eigenvalue weighted by Gasteiger charge is 2.33. The van der Waals surface area contributed by atoms with Gasteiger partial charge >= 0.3 is 6.18 Å². The van der Waals surface area contributed by atoms with Gasteiger partial charge in [-0.1, -0.05) is 12.1 Å². The Kier molecular flexibility index (Phi) is 6.70. The van der Waals surface area contributed by atoms with Crippen molar-refractivity contribution in [3.8, 4) is 5.75 Å². The van der Waals surface area contributed by atoms with Crippen molar-refractivity contribution >= 4 is 17.5 Å². The SMILES string of the molecule is CC1=C(C)C(=O)N(CCCN2CCN(c3ccccc3OCC(F)(F)F)CC2)C1=O. The van der Waals surface area contributed by atoms with Gasteiger partial charge in [-0.3, -0.25) is 19.4 Å². The second kappa shape index (κ2) is 9.07. The molecule has 1 aromatic carbocycles. The fourth-order valence-electron chi connectivity index (χ4n) is 3.69. The van der Waals surface area contributed by atoms with E-state index in [1.54, 1.807) is 38.1 Å². The van der Waals surface area contributed by atoms with E-state index in [9.17, 15) is 22.8 Å². The minimum atomic E-state index is -4.38. The van der Waals surface area contributed by atoms with Crippen LogP contribution in [0.1, 0.15) is 20.3 Å². The molecule has 2 amide bonds. The Balaban J connectivity index is 1.47. The van der Waals surface area contributed by atoms with E-state index in [1.807, 2.05) is 4.90 Å².